The van der Waals surface area contributed by atoms with Crippen LogP contribution in [-0.4, -0.2) is 26.5 Å². The van der Waals surface area contributed by atoms with Crippen molar-refractivity contribution in [2.24, 2.45) is 0 Å². The fourth-order valence-corrected chi connectivity index (χ4v) is 1.35. The Balaban J connectivity index is 3.05. The lowest BCUT2D eigenvalue weighted by molar-refractivity contribution is -0.385. The smallest absolute Gasteiger partial charge is 0.329 e. The number of nitro groups is 1. The van der Waals surface area contributed by atoms with E-state index in [1.165, 1.54) is 13.0 Å². The summed E-state index contributed by atoms with van der Waals surface area (Å²) in [5, 5.41) is 22.5. The second-order valence-electron chi connectivity index (χ2n) is 4.23. The van der Waals surface area contributed by atoms with Crippen molar-refractivity contribution >= 4 is 17.5 Å². The van der Waals surface area contributed by atoms with Gasteiger partial charge < -0.3 is 10.4 Å². The lowest BCUT2D eigenvalue weighted by Gasteiger charge is -2.25. The van der Waals surface area contributed by atoms with Crippen LogP contribution in [0.3, 0.4) is 0 Å². The summed E-state index contributed by atoms with van der Waals surface area (Å²) in [5.74, 6) is -0.656. The van der Waals surface area contributed by atoms with Crippen LogP contribution in [0.25, 0.3) is 0 Å². The SMILES string of the molecule is CCC(C)(Nc1ncc([N+](=O)[O-])cc1C)C(=O)O. The fourth-order valence-electron chi connectivity index (χ4n) is 1.35. The summed E-state index contributed by atoms with van der Waals surface area (Å²) in [4.78, 5) is 25.1. The van der Waals surface area contributed by atoms with Gasteiger partial charge in [0.25, 0.3) is 5.69 Å². The summed E-state index contributed by atoms with van der Waals surface area (Å²) in [6.07, 6.45) is 1.47. The van der Waals surface area contributed by atoms with Gasteiger partial charge in [-0.15, -0.1) is 0 Å². The van der Waals surface area contributed by atoms with Gasteiger partial charge in [-0.25, -0.2) is 9.78 Å². The highest BCUT2D eigenvalue weighted by atomic mass is 16.6. The maximum absolute atomic E-state index is 11.1. The van der Waals surface area contributed by atoms with Crippen LogP contribution in [0.2, 0.25) is 0 Å². The molecule has 98 valence electrons. The van der Waals surface area contributed by atoms with Crippen molar-refractivity contribution in [1.82, 2.24) is 4.98 Å². The largest absolute Gasteiger partial charge is 0.480 e. The number of hydrogen-bond acceptors (Lipinski definition) is 5. The first kappa shape index (κ1) is 13.9. The van der Waals surface area contributed by atoms with E-state index in [1.54, 1.807) is 13.8 Å². The Morgan fingerprint density at radius 3 is 2.67 bits per heavy atom. The number of pyridine rings is 1. The van der Waals surface area contributed by atoms with Crippen molar-refractivity contribution in [3.05, 3.63) is 27.9 Å². The van der Waals surface area contributed by atoms with Crippen LogP contribution in [0.1, 0.15) is 25.8 Å². The predicted octanol–water partition coefficient (Wildman–Crippen LogP) is 1.96. The molecule has 0 bridgehead atoms. The molecule has 1 heterocycles. The number of nitrogens with zero attached hydrogens (tertiary/aromatic N) is 2. The highest BCUT2D eigenvalue weighted by molar-refractivity contribution is 5.82. The predicted molar refractivity (Wildman–Crippen MR) is 65.6 cm³/mol. The van der Waals surface area contributed by atoms with E-state index in [4.69, 9.17) is 5.11 Å². The van der Waals surface area contributed by atoms with Crippen LogP contribution in [0.15, 0.2) is 12.3 Å². The van der Waals surface area contributed by atoms with Gasteiger partial charge in [-0.05, 0) is 25.8 Å². The molecule has 0 fully saturated rings. The number of aliphatic carboxylic acids is 1. The quantitative estimate of drug-likeness (QED) is 0.613. The molecular weight excluding hydrogens is 238 g/mol. The number of rotatable bonds is 5. The van der Waals surface area contributed by atoms with Gasteiger partial charge >= 0.3 is 5.97 Å². The van der Waals surface area contributed by atoms with Gasteiger partial charge in [0.05, 0.1) is 4.92 Å². The van der Waals surface area contributed by atoms with Crippen molar-refractivity contribution < 1.29 is 14.8 Å². The van der Waals surface area contributed by atoms with E-state index in [0.717, 1.165) is 6.20 Å². The molecule has 18 heavy (non-hydrogen) atoms. The van der Waals surface area contributed by atoms with Gasteiger partial charge in [0.2, 0.25) is 0 Å². The first-order valence-corrected chi connectivity index (χ1v) is 5.42. The third-order valence-corrected chi connectivity index (χ3v) is 2.85. The van der Waals surface area contributed by atoms with Crippen LogP contribution in [0.5, 0.6) is 0 Å². The van der Waals surface area contributed by atoms with Gasteiger partial charge in [-0.2, -0.15) is 0 Å². The number of carbonyl (C=O) groups is 1. The highest BCUT2D eigenvalue weighted by Crippen LogP contribution is 2.23. The molecule has 1 atom stereocenters. The second-order valence-corrected chi connectivity index (χ2v) is 4.23. The summed E-state index contributed by atoms with van der Waals surface area (Å²) in [7, 11) is 0. The Hall–Kier alpha value is -2.18. The molecule has 2 N–H and O–H groups in total. The summed E-state index contributed by atoms with van der Waals surface area (Å²) in [6.45, 7) is 4.92. The minimum atomic E-state index is -1.14. The zero-order valence-electron chi connectivity index (χ0n) is 10.4. The molecule has 0 saturated heterocycles. The van der Waals surface area contributed by atoms with Crippen molar-refractivity contribution in [3.8, 4) is 0 Å². The normalized spacial score (nSPS) is 13.7. The van der Waals surface area contributed by atoms with Gasteiger partial charge in [-0.1, -0.05) is 6.92 Å². The molecule has 0 amide bonds. The average Bonchev–Trinajstić information content (AvgIpc) is 2.31. The molecular formula is C11H15N3O4. The molecule has 0 spiro atoms. The first-order chi connectivity index (χ1) is 8.30. The molecule has 0 aliphatic rings. The molecule has 1 aromatic heterocycles. The zero-order chi connectivity index (χ0) is 13.9. The van der Waals surface area contributed by atoms with Gasteiger partial charge in [-0.3, -0.25) is 10.1 Å². The molecule has 0 saturated carbocycles. The van der Waals surface area contributed by atoms with Gasteiger partial charge in [0, 0.05) is 6.07 Å². The number of carboxylic acid groups (broad SMARTS) is 1. The molecule has 0 aliphatic heterocycles. The number of aromatic nitrogens is 1. The Morgan fingerprint density at radius 1 is 1.67 bits per heavy atom. The lowest BCUT2D eigenvalue weighted by Crippen LogP contribution is -2.43. The number of anilines is 1. The number of hydrogen-bond donors (Lipinski definition) is 2. The number of nitrogens with one attached hydrogen (secondary N) is 1. The van der Waals surface area contributed by atoms with E-state index in [9.17, 15) is 14.9 Å². The van der Waals surface area contributed by atoms with Crippen LogP contribution in [0.4, 0.5) is 11.5 Å². The minimum Gasteiger partial charge on any atom is -0.480 e. The molecule has 0 aromatic carbocycles. The molecule has 1 rings (SSSR count). The van der Waals surface area contributed by atoms with Crippen LogP contribution in [0, 0.1) is 17.0 Å². The lowest BCUT2D eigenvalue weighted by atomic mass is 9.99. The van der Waals surface area contributed by atoms with Crippen LogP contribution < -0.4 is 5.32 Å². The van der Waals surface area contributed by atoms with E-state index in [-0.39, 0.29) is 5.69 Å². The third kappa shape index (κ3) is 2.73. The average molecular weight is 253 g/mol. The number of carboxylic acids is 1. The fraction of sp³-hybridized carbons (Fsp3) is 0.455. The molecule has 7 heteroatoms. The Morgan fingerprint density at radius 2 is 2.28 bits per heavy atom. The van der Waals surface area contributed by atoms with Crippen molar-refractivity contribution in [3.63, 3.8) is 0 Å². The van der Waals surface area contributed by atoms with Crippen molar-refractivity contribution in [2.45, 2.75) is 32.7 Å². The van der Waals surface area contributed by atoms with E-state index in [1.807, 2.05) is 0 Å². The summed E-state index contributed by atoms with van der Waals surface area (Å²) in [5.41, 5.74) is -0.731. The van der Waals surface area contributed by atoms with Crippen molar-refractivity contribution in [2.75, 3.05) is 5.32 Å². The minimum absolute atomic E-state index is 0.119. The molecule has 0 radical (unpaired) electrons. The summed E-state index contributed by atoms with van der Waals surface area (Å²) < 4.78 is 0. The monoisotopic (exact) mass is 253 g/mol. The van der Waals surface area contributed by atoms with E-state index >= 15 is 0 Å². The van der Waals surface area contributed by atoms with E-state index in [0.29, 0.717) is 17.8 Å². The van der Waals surface area contributed by atoms with Gasteiger partial charge in [0.1, 0.15) is 17.6 Å². The van der Waals surface area contributed by atoms with Gasteiger partial charge in [0.15, 0.2) is 0 Å². The second kappa shape index (κ2) is 4.99. The van der Waals surface area contributed by atoms with E-state index < -0.39 is 16.4 Å². The van der Waals surface area contributed by atoms with Crippen LogP contribution in [-0.2, 0) is 4.79 Å². The molecule has 1 unspecified atom stereocenters. The maximum Gasteiger partial charge on any atom is 0.329 e. The zero-order valence-corrected chi connectivity index (χ0v) is 10.4. The molecule has 7 nitrogen and oxygen atoms in total. The number of aryl methyl sites for hydroxylation is 1. The summed E-state index contributed by atoms with van der Waals surface area (Å²) in [6, 6.07) is 1.35. The standard InChI is InChI=1S/C11H15N3O4/c1-4-11(3,10(15)16)13-9-7(2)5-8(6-12-9)14(17)18/h5-6H,4H2,1-3H3,(H,12,13)(H,15,16). The van der Waals surface area contributed by atoms with E-state index in [2.05, 4.69) is 10.3 Å². The van der Waals surface area contributed by atoms with Crippen molar-refractivity contribution in [1.29, 1.82) is 0 Å². The molecule has 0 aliphatic carbocycles. The Kier molecular flexibility index (Phi) is 3.85. The third-order valence-electron chi connectivity index (χ3n) is 2.85. The maximum atomic E-state index is 11.1. The first-order valence-electron chi connectivity index (χ1n) is 5.42. The Bertz CT molecular complexity index is 489. The Labute approximate surface area is 104 Å². The summed E-state index contributed by atoms with van der Waals surface area (Å²) >= 11 is 0. The highest BCUT2D eigenvalue weighted by Gasteiger charge is 2.31. The topological polar surface area (TPSA) is 105 Å². The molecule has 1 aromatic rings. The van der Waals surface area contributed by atoms with Crippen LogP contribution >= 0.6 is 0 Å².